The lowest BCUT2D eigenvalue weighted by molar-refractivity contribution is -0.204. The van der Waals surface area contributed by atoms with Gasteiger partial charge in [0.2, 0.25) is 11.7 Å². The number of piperidine rings is 1. The first-order chi connectivity index (χ1) is 25.3. The van der Waals surface area contributed by atoms with Crippen LogP contribution in [-0.2, 0) is 4.74 Å². The molecular formula is C40H80F10N4OS. The number of hydrogen-bond donors (Lipinski definition) is 0. The molecule has 56 heavy (non-hydrogen) atoms. The fourth-order valence-electron chi connectivity index (χ4n) is 4.65. The molecule has 5 nitrogen and oxygen atoms in total. The van der Waals surface area contributed by atoms with Crippen LogP contribution in [0.4, 0.5) is 43.9 Å². The number of alkyl halides is 8. The molecule has 4 rings (SSSR count). The summed E-state index contributed by atoms with van der Waals surface area (Å²) in [6.45, 7) is 25.3. The molecule has 2 unspecified atom stereocenters. The predicted octanol–water partition coefficient (Wildman–Crippen LogP) is 11.9. The Balaban J connectivity index is -0.000000278. The fourth-order valence-corrected chi connectivity index (χ4v) is 4.65. The number of hydrogen-bond acceptors (Lipinski definition) is 6. The van der Waals surface area contributed by atoms with Gasteiger partial charge in [0.25, 0.3) is 5.92 Å². The van der Waals surface area contributed by atoms with Crippen LogP contribution in [0.3, 0.4) is 0 Å². The smallest absolute Gasteiger partial charge is 0.318 e. The standard InChI is InChI=1S/C7H15N.C6H14N2.C6H12.C5H6F4O.C5H11N.C4H7F3.C4H8F2.C3H7FS/c2*1-7-3-5-8(2)6-4-7;1-5-3-6(2)4-5;1-3(6)4(7)5(8,9)10-2;1-5-3-6(2)4-5;1-3(5)4(2,6)7;1-3-4(2,5)6;1-3(4)5-2/h7H,3-6H2,1-2H3;3-6H2,1-2H3;5-6H,3-4H2,1-2H3;1-2H3;5H,3-4H2,1-2H3;3H,1-2H3;3H2,1-2H3;3H,1-2H3/b;;;4-3+;;;;. The number of rotatable bonds is 5. The number of piperazine rings is 1. The van der Waals surface area contributed by atoms with Crippen molar-refractivity contribution in [2.24, 2.45) is 23.7 Å². The van der Waals surface area contributed by atoms with E-state index < -0.39 is 41.3 Å². The SMILES string of the molecule is CC(F)C(C)(F)F.CC1CC(C)C1.CC1CCN(C)CC1.CC1CN(C)C1.CCC(C)(F)F.CN1CCN(C)CC1.COC(F)(F)/C(F)=C(/C)F.CSC(C)F. The van der Waals surface area contributed by atoms with E-state index in [0.29, 0.717) is 21.0 Å². The minimum Gasteiger partial charge on any atom is -0.318 e. The van der Waals surface area contributed by atoms with Gasteiger partial charge in [-0.15, -0.1) is 11.8 Å². The number of thioether (sulfide) groups is 1. The Hall–Kier alpha value is -0.810. The van der Waals surface area contributed by atoms with Gasteiger partial charge in [0, 0.05) is 59.7 Å². The molecule has 342 valence electrons. The summed E-state index contributed by atoms with van der Waals surface area (Å²) in [5.41, 5.74) is -0.699. The zero-order valence-electron chi connectivity index (χ0n) is 37.5. The van der Waals surface area contributed by atoms with Crippen LogP contribution >= 0.6 is 11.8 Å². The Labute approximate surface area is 339 Å². The highest BCUT2D eigenvalue weighted by Gasteiger charge is 2.37. The second-order valence-corrected chi connectivity index (χ2v) is 17.1. The van der Waals surface area contributed by atoms with Gasteiger partial charge in [-0.2, -0.15) is 13.2 Å². The molecule has 0 aromatic carbocycles. The van der Waals surface area contributed by atoms with Gasteiger partial charge in [0.05, 0.1) is 0 Å². The van der Waals surface area contributed by atoms with E-state index in [-0.39, 0.29) is 6.42 Å². The third-order valence-electron chi connectivity index (χ3n) is 9.05. The van der Waals surface area contributed by atoms with Gasteiger partial charge in [0.1, 0.15) is 11.3 Å². The van der Waals surface area contributed by atoms with E-state index in [1.807, 2.05) is 0 Å². The maximum Gasteiger partial charge on any atom is 0.411 e. The molecule has 0 N–H and O–H groups in total. The summed E-state index contributed by atoms with van der Waals surface area (Å²) >= 11 is 1.21. The van der Waals surface area contributed by atoms with Crippen LogP contribution in [0.25, 0.3) is 0 Å². The molecule has 0 bridgehead atoms. The lowest BCUT2D eigenvalue weighted by Gasteiger charge is -2.33. The van der Waals surface area contributed by atoms with E-state index in [9.17, 15) is 43.9 Å². The molecule has 1 saturated carbocycles. The molecule has 0 aromatic rings. The molecule has 3 saturated heterocycles. The topological polar surface area (TPSA) is 22.2 Å². The van der Waals surface area contributed by atoms with Crippen molar-refractivity contribution in [2.75, 3.05) is 93.9 Å². The third kappa shape index (κ3) is 41.4. The van der Waals surface area contributed by atoms with Crippen LogP contribution in [-0.4, -0.2) is 143 Å². The second-order valence-electron chi connectivity index (χ2n) is 15.9. The Bertz CT molecular complexity index is 855. The Morgan fingerprint density at radius 3 is 1.09 bits per heavy atom. The molecule has 2 atom stereocenters. The normalized spacial score (nSPS) is 22.6. The van der Waals surface area contributed by atoms with Crippen LogP contribution < -0.4 is 0 Å². The van der Waals surface area contributed by atoms with Crippen molar-refractivity contribution in [3.8, 4) is 0 Å². The Kier molecular flexibility index (Phi) is 36.4. The summed E-state index contributed by atoms with van der Waals surface area (Å²) < 4.78 is 120. The van der Waals surface area contributed by atoms with E-state index >= 15 is 0 Å². The highest BCUT2D eigenvalue weighted by molar-refractivity contribution is 7.99. The summed E-state index contributed by atoms with van der Waals surface area (Å²) in [5.74, 6) is -5.36. The first-order valence-corrected chi connectivity index (χ1v) is 20.9. The number of methoxy groups -OCH3 is 1. The first kappa shape index (κ1) is 61.8. The fraction of sp³-hybridized carbons (Fsp3) is 0.950. The van der Waals surface area contributed by atoms with Crippen LogP contribution in [0.2, 0.25) is 0 Å². The van der Waals surface area contributed by atoms with Gasteiger partial charge >= 0.3 is 6.11 Å². The average Bonchev–Trinajstić information content (AvgIpc) is 3.07. The van der Waals surface area contributed by atoms with Crippen molar-refractivity contribution in [3.05, 3.63) is 11.7 Å². The largest absolute Gasteiger partial charge is 0.411 e. The number of likely N-dealkylation sites (tertiary alicyclic amines) is 2. The number of halogens is 10. The Morgan fingerprint density at radius 2 is 0.982 bits per heavy atom. The highest BCUT2D eigenvalue weighted by Crippen LogP contribution is 2.31. The monoisotopic (exact) mass is 855 g/mol. The van der Waals surface area contributed by atoms with Crippen molar-refractivity contribution >= 4 is 11.8 Å². The van der Waals surface area contributed by atoms with Gasteiger partial charge in [-0.05, 0) is 125 Å². The molecule has 1 aliphatic carbocycles. The second kappa shape index (κ2) is 33.0. The molecule has 4 fully saturated rings. The maximum atomic E-state index is 11.9. The number of nitrogens with zero attached hydrogens (tertiary/aromatic N) is 4. The summed E-state index contributed by atoms with van der Waals surface area (Å²) in [6.07, 6.45) is 1.25. The van der Waals surface area contributed by atoms with Gasteiger partial charge in [-0.3, -0.25) is 0 Å². The molecule has 0 aromatic heterocycles. The van der Waals surface area contributed by atoms with E-state index in [0.717, 1.165) is 37.5 Å². The van der Waals surface area contributed by atoms with Crippen molar-refractivity contribution in [1.29, 1.82) is 0 Å². The minimum atomic E-state index is -4.14. The third-order valence-corrected chi connectivity index (χ3v) is 9.70. The average molecular weight is 855 g/mol. The summed E-state index contributed by atoms with van der Waals surface area (Å²) in [5, 5.41) is 0. The highest BCUT2D eigenvalue weighted by atomic mass is 32.2. The molecule has 3 aliphatic heterocycles. The van der Waals surface area contributed by atoms with E-state index in [2.05, 4.69) is 80.2 Å². The molecule has 0 spiro atoms. The van der Waals surface area contributed by atoms with Gasteiger partial charge in [-0.25, -0.2) is 30.7 Å². The lowest BCUT2D eigenvalue weighted by atomic mass is 9.78. The quantitative estimate of drug-likeness (QED) is 0.255. The zero-order valence-corrected chi connectivity index (χ0v) is 38.4. The number of allylic oxidation sites excluding steroid dienone is 1. The van der Waals surface area contributed by atoms with Crippen molar-refractivity contribution in [3.63, 3.8) is 0 Å². The minimum absolute atomic E-state index is 0.0625. The van der Waals surface area contributed by atoms with Gasteiger partial charge in [0.15, 0.2) is 6.17 Å². The summed E-state index contributed by atoms with van der Waals surface area (Å²) in [4.78, 5) is 9.45. The molecule has 0 amide bonds. The molecule has 16 heteroatoms. The van der Waals surface area contributed by atoms with Crippen molar-refractivity contribution in [1.82, 2.24) is 19.6 Å². The van der Waals surface area contributed by atoms with E-state index in [1.165, 1.54) is 104 Å². The summed E-state index contributed by atoms with van der Waals surface area (Å²) in [6, 6.07) is 0. The van der Waals surface area contributed by atoms with Crippen LogP contribution in [0.1, 0.15) is 101 Å². The lowest BCUT2D eigenvalue weighted by Crippen LogP contribution is -2.42. The van der Waals surface area contributed by atoms with Crippen LogP contribution in [0, 0.1) is 23.7 Å². The van der Waals surface area contributed by atoms with Gasteiger partial charge < -0.3 is 24.3 Å². The molecule has 4 aliphatic rings. The van der Waals surface area contributed by atoms with Crippen molar-refractivity contribution < 1.29 is 48.6 Å². The van der Waals surface area contributed by atoms with Gasteiger partial charge in [-0.1, -0.05) is 34.6 Å². The zero-order chi connectivity index (χ0) is 45.0. The summed E-state index contributed by atoms with van der Waals surface area (Å²) in [7, 11) is 9.29. The molecular weight excluding hydrogens is 775 g/mol. The Morgan fingerprint density at radius 1 is 0.679 bits per heavy atom. The van der Waals surface area contributed by atoms with Crippen LogP contribution in [0.15, 0.2) is 11.7 Å². The molecule has 3 heterocycles. The van der Waals surface area contributed by atoms with E-state index in [1.54, 1.807) is 6.26 Å². The van der Waals surface area contributed by atoms with Crippen LogP contribution in [0.5, 0.6) is 0 Å². The van der Waals surface area contributed by atoms with Crippen molar-refractivity contribution in [2.45, 2.75) is 131 Å². The van der Waals surface area contributed by atoms with E-state index in [4.69, 9.17) is 0 Å². The maximum absolute atomic E-state index is 11.9. The number of likely N-dealkylation sites (N-methyl/N-ethyl adjacent to an activating group) is 2. The first-order valence-electron chi connectivity index (χ1n) is 19.6. The number of ether oxygens (including phenoxy) is 1. The molecule has 0 radical (unpaired) electrons. The predicted molar refractivity (Wildman–Crippen MR) is 218 cm³/mol.